The zero-order chi connectivity index (χ0) is 31.6. The van der Waals surface area contributed by atoms with Gasteiger partial charge < -0.3 is 24.4 Å². The van der Waals surface area contributed by atoms with E-state index in [9.17, 15) is 18.0 Å². The highest BCUT2D eigenvalue weighted by molar-refractivity contribution is 7.92. The number of anilines is 1. The summed E-state index contributed by atoms with van der Waals surface area (Å²) < 4.78 is 43.3. The Kier molecular flexibility index (Phi) is 11.8. The van der Waals surface area contributed by atoms with Crippen LogP contribution in [0.3, 0.4) is 0 Å². The lowest BCUT2D eigenvalue weighted by Crippen LogP contribution is -2.54. The van der Waals surface area contributed by atoms with Crippen molar-refractivity contribution >= 4 is 27.5 Å². The molecule has 2 amide bonds. The number of hydrogen-bond donors (Lipinski definition) is 1. The molecule has 232 valence electrons. The van der Waals surface area contributed by atoms with Gasteiger partial charge in [-0.15, -0.1) is 0 Å². The quantitative estimate of drug-likeness (QED) is 0.276. The second-order valence-electron chi connectivity index (χ2n) is 10.2. The summed E-state index contributed by atoms with van der Waals surface area (Å²) in [6.45, 7) is 3.34. The van der Waals surface area contributed by atoms with E-state index in [0.29, 0.717) is 17.9 Å². The largest absolute Gasteiger partial charge is 0.497 e. The first-order valence-electron chi connectivity index (χ1n) is 14.0. The molecular formula is C32H41N3O7S. The summed E-state index contributed by atoms with van der Waals surface area (Å²) in [6, 6.07) is 20.2. The number of rotatable bonds is 15. The number of methoxy groups -OCH3 is 3. The van der Waals surface area contributed by atoms with E-state index in [2.05, 4.69) is 5.32 Å². The molecule has 3 rings (SSSR count). The van der Waals surface area contributed by atoms with Gasteiger partial charge in [0.15, 0.2) is 0 Å². The third-order valence-corrected chi connectivity index (χ3v) is 8.22. The van der Waals surface area contributed by atoms with Crippen molar-refractivity contribution < 1.29 is 32.2 Å². The standard InChI is InChI=1S/C32H41N3O7S/c1-7-23(2)33-32(37)29(19-24-12-9-8-10-13-24)34(21-25-14-11-15-26(18-25)40-3)31(36)22-35(43(6,38)39)28-17-16-27(41-4)20-30(28)42-5/h8-18,20,23,29H,7,19,21-22H2,1-6H3,(H,33,37). The maximum absolute atomic E-state index is 14.3. The molecule has 3 aromatic carbocycles. The minimum Gasteiger partial charge on any atom is -0.497 e. The molecule has 43 heavy (non-hydrogen) atoms. The van der Waals surface area contributed by atoms with Crippen LogP contribution in [0.2, 0.25) is 0 Å². The Morgan fingerprint density at radius 1 is 0.860 bits per heavy atom. The van der Waals surface area contributed by atoms with Gasteiger partial charge in [-0.3, -0.25) is 13.9 Å². The molecule has 11 heteroatoms. The molecule has 0 saturated heterocycles. The molecule has 0 bridgehead atoms. The van der Waals surface area contributed by atoms with Crippen molar-refractivity contribution in [1.82, 2.24) is 10.2 Å². The molecule has 10 nitrogen and oxygen atoms in total. The summed E-state index contributed by atoms with van der Waals surface area (Å²) in [5.74, 6) is 0.375. The van der Waals surface area contributed by atoms with Crippen LogP contribution in [0, 0.1) is 0 Å². The molecule has 2 atom stereocenters. The Labute approximate surface area is 254 Å². The van der Waals surface area contributed by atoms with E-state index in [-0.39, 0.29) is 36.4 Å². The Hall–Kier alpha value is -4.25. The Bertz CT molecular complexity index is 1480. The molecular weight excluding hydrogens is 570 g/mol. The molecule has 0 heterocycles. The average molecular weight is 612 g/mol. The van der Waals surface area contributed by atoms with Crippen LogP contribution in [-0.2, 0) is 32.6 Å². The number of benzene rings is 3. The van der Waals surface area contributed by atoms with Crippen LogP contribution < -0.4 is 23.8 Å². The third kappa shape index (κ3) is 9.12. The summed E-state index contributed by atoms with van der Waals surface area (Å²) >= 11 is 0. The van der Waals surface area contributed by atoms with Gasteiger partial charge in [0, 0.05) is 25.1 Å². The summed E-state index contributed by atoms with van der Waals surface area (Å²) in [7, 11) is 0.476. The molecule has 3 aromatic rings. The third-order valence-electron chi connectivity index (χ3n) is 7.09. The van der Waals surface area contributed by atoms with Crippen LogP contribution in [0.1, 0.15) is 31.4 Å². The molecule has 0 radical (unpaired) electrons. The van der Waals surface area contributed by atoms with E-state index in [1.54, 1.807) is 37.4 Å². The van der Waals surface area contributed by atoms with Crippen molar-refractivity contribution in [2.24, 2.45) is 0 Å². The van der Waals surface area contributed by atoms with E-state index in [4.69, 9.17) is 14.2 Å². The van der Waals surface area contributed by atoms with Crippen molar-refractivity contribution in [3.63, 3.8) is 0 Å². The molecule has 1 N–H and O–H groups in total. The van der Waals surface area contributed by atoms with Crippen LogP contribution in [0.15, 0.2) is 72.8 Å². The second-order valence-corrected chi connectivity index (χ2v) is 12.1. The van der Waals surface area contributed by atoms with Gasteiger partial charge in [0.2, 0.25) is 21.8 Å². The van der Waals surface area contributed by atoms with E-state index in [0.717, 1.165) is 21.7 Å². The van der Waals surface area contributed by atoms with Gasteiger partial charge in [0.05, 0.1) is 33.3 Å². The first-order chi connectivity index (χ1) is 20.5. The number of nitrogens with one attached hydrogen (secondary N) is 1. The van der Waals surface area contributed by atoms with Gasteiger partial charge in [-0.1, -0.05) is 49.4 Å². The fraction of sp³-hybridized carbons (Fsp3) is 0.375. The molecule has 0 spiro atoms. The summed E-state index contributed by atoms with van der Waals surface area (Å²) in [5.41, 5.74) is 1.74. The van der Waals surface area contributed by atoms with Gasteiger partial charge in [0.1, 0.15) is 29.8 Å². The van der Waals surface area contributed by atoms with E-state index in [1.807, 2.05) is 50.2 Å². The number of carbonyl (C=O) groups is 2. The number of sulfonamides is 1. The van der Waals surface area contributed by atoms with Crippen molar-refractivity contribution in [2.75, 3.05) is 38.4 Å². The minimum absolute atomic E-state index is 0.0405. The molecule has 2 unspecified atom stereocenters. The Morgan fingerprint density at radius 2 is 1.51 bits per heavy atom. The van der Waals surface area contributed by atoms with Crippen LogP contribution in [0.4, 0.5) is 5.69 Å². The average Bonchev–Trinajstić information content (AvgIpc) is 3.01. The first kappa shape index (κ1) is 33.3. The smallest absolute Gasteiger partial charge is 0.244 e. The maximum Gasteiger partial charge on any atom is 0.244 e. The molecule has 0 aliphatic carbocycles. The van der Waals surface area contributed by atoms with Crippen LogP contribution in [0.5, 0.6) is 17.2 Å². The van der Waals surface area contributed by atoms with Crippen LogP contribution in [0.25, 0.3) is 0 Å². The Morgan fingerprint density at radius 3 is 2.12 bits per heavy atom. The fourth-order valence-corrected chi connectivity index (χ4v) is 5.40. The highest BCUT2D eigenvalue weighted by Crippen LogP contribution is 2.34. The van der Waals surface area contributed by atoms with Crippen molar-refractivity contribution in [3.05, 3.63) is 83.9 Å². The van der Waals surface area contributed by atoms with Gasteiger partial charge >= 0.3 is 0 Å². The molecule has 0 saturated carbocycles. The van der Waals surface area contributed by atoms with Gasteiger partial charge in [-0.05, 0) is 48.7 Å². The van der Waals surface area contributed by atoms with Crippen molar-refractivity contribution in [3.8, 4) is 17.2 Å². The first-order valence-corrected chi connectivity index (χ1v) is 15.8. The molecule has 0 aliphatic rings. The number of ether oxygens (including phenoxy) is 3. The van der Waals surface area contributed by atoms with Gasteiger partial charge in [-0.25, -0.2) is 8.42 Å². The summed E-state index contributed by atoms with van der Waals surface area (Å²) in [4.78, 5) is 29.5. The van der Waals surface area contributed by atoms with Crippen molar-refractivity contribution in [1.29, 1.82) is 0 Å². The lowest BCUT2D eigenvalue weighted by Gasteiger charge is -2.34. The number of amides is 2. The van der Waals surface area contributed by atoms with Crippen LogP contribution >= 0.6 is 0 Å². The topological polar surface area (TPSA) is 114 Å². The number of hydrogen-bond acceptors (Lipinski definition) is 7. The normalized spacial score (nSPS) is 12.5. The highest BCUT2D eigenvalue weighted by Gasteiger charge is 2.34. The SMILES string of the molecule is CCC(C)NC(=O)C(Cc1ccccc1)N(Cc1cccc(OC)c1)C(=O)CN(c1ccc(OC)cc1OC)S(C)(=O)=O. The lowest BCUT2D eigenvalue weighted by atomic mass is 10.0. The molecule has 0 aliphatic heterocycles. The fourth-order valence-electron chi connectivity index (χ4n) is 4.55. The zero-order valence-electron chi connectivity index (χ0n) is 25.6. The number of carbonyl (C=O) groups excluding carboxylic acids is 2. The zero-order valence-corrected chi connectivity index (χ0v) is 26.4. The van der Waals surface area contributed by atoms with Gasteiger partial charge in [0.25, 0.3) is 0 Å². The minimum atomic E-state index is -3.97. The Balaban J connectivity index is 2.11. The molecule has 0 aromatic heterocycles. The highest BCUT2D eigenvalue weighted by atomic mass is 32.2. The molecule has 0 fully saturated rings. The summed E-state index contributed by atoms with van der Waals surface area (Å²) in [6.07, 6.45) is 1.95. The van der Waals surface area contributed by atoms with Crippen molar-refractivity contribution in [2.45, 2.75) is 45.3 Å². The second kappa shape index (κ2) is 15.3. The van der Waals surface area contributed by atoms with Gasteiger partial charge in [-0.2, -0.15) is 0 Å². The lowest BCUT2D eigenvalue weighted by molar-refractivity contribution is -0.140. The number of nitrogens with zero attached hydrogens (tertiary/aromatic N) is 2. The summed E-state index contributed by atoms with van der Waals surface area (Å²) in [5, 5.41) is 3.02. The predicted molar refractivity (Wildman–Crippen MR) is 167 cm³/mol. The maximum atomic E-state index is 14.3. The van der Waals surface area contributed by atoms with E-state index < -0.39 is 28.5 Å². The van der Waals surface area contributed by atoms with E-state index in [1.165, 1.54) is 25.2 Å². The van der Waals surface area contributed by atoms with Crippen LogP contribution in [-0.4, -0.2) is 71.3 Å². The monoisotopic (exact) mass is 611 g/mol. The van der Waals surface area contributed by atoms with E-state index >= 15 is 0 Å². The predicted octanol–water partition coefficient (Wildman–Crippen LogP) is 4.03.